The molecule has 0 amide bonds. The van der Waals surface area contributed by atoms with Crippen LogP contribution in [-0.4, -0.2) is 17.0 Å². The van der Waals surface area contributed by atoms with Gasteiger partial charge in [-0.15, -0.1) is 0 Å². The van der Waals surface area contributed by atoms with Crippen molar-refractivity contribution in [3.05, 3.63) is 48.0 Å². The fourth-order valence-electron chi connectivity index (χ4n) is 1.49. The monoisotopic (exact) mass is 232 g/mol. The summed E-state index contributed by atoms with van der Waals surface area (Å²) in [5.41, 5.74) is 6.66. The molecule has 0 saturated heterocycles. The van der Waals surface area contributed by atoms with Crippen LogP contribution in [-0.2, 0) is 6.54 Å². The Hall–Kier alpha value is -2.01. The number of hydrogen-bond acceptors (Lipinski definition) is 4. The van der Waals surface area contributed by atoms with Crippen molar-refractivity contribution in [2.75, 3.05) is 11.9 Å². The molecule has 0 spiro atoms. The lowest BCUT2D eigenvalue weighted by Crippen LogP contribution is -2.15. The molecule has 5 heteroatoms. The Kier molecular flexibility index (Phi) is 3.30. The Morgan fingerprint density at radius 3 is 2.76 bits per heavy atom. The Balaban J connectivity index is 2.37. The molecule has 1 aromatic heterocycles. The van der Waals surface area contributed by atoms with Crippen molar-refractivity contribution < 1.29 is 4.39 Å². The second-order valence-corrected chi connectivity index (χ2v) is 3.56. The largest absolute Gasteiger partial charge is 0.325 e. The zero-order valence-corrected chi connectivity index (χ0v) is 9.47. The summed E-state index contributed by atoms with van der Waals surface area (Å²) in [6.07, 6.45) is 1.61. The Bertz CT molecular complexity index is 515. The van der Waals surface area contributed by atoms with E-state index < -0.39 is 0 Å². The van der Waals surface area contributed by atoms with Crippen LogP contribution in [0.5, 0.6) is 0 Å². The molecule has 1 heterocycles. The third-order valence-corrected chi connectivity index (χ3v) is 2.42. The lowest BCUT2D eigenvalue weighted by molar-refractivity contribution is 0.626. The van der Waals surface area contributed by atoms with Gasteiger partial charge in [0.05, 0.1) is 11.4 Å². The molecular weight excluding hydrogens is 219 g/mol. The third-order valence-electron chi connectivity index (χ3n) is 2.42. The van der Waals surface area contributed by atoms with Crippen LogP contribution in [0.15, 0.2) is 36.5 Å². The van der Waals surface area contributed by atoms with Gasteiger partial charge in [0.15, 0.2) is 0 Å². The van der Waals surface area contributed by atoms with Gasteiger partial charge in [-0.2, -0.15) is 0 Å². The molecule has 0 aliphatic carbocycles. The predicted octanol–water partition coefficient (Wildman–Crippen LogP) is 1.84. The zero-order valence-electron chi connectivity index (χ0n) is 9.47. The molecule has 0 aliphatic rings. The summed E-state index contributed by atoms with van der Waals surface area (Å²) < 4.78 is 13.6. The van der Waals surface area contributed by atoms with Crippen LogP contribution in [0.1, 0.15) is 5.69 Å². The van der Waals surface area contributed by atoms with Gasteiger partial charge in [-0.05, 0) is 18.2 Å². The number of rotatable bonds is 3. The van der Waals surface area contributed by atoms with E-state index in [-0.39, 0.29) is 5.82 Å². The van der Waals surface area contributed by atoms with Gasteiger partial charge in [-0.25, -0.2) is 14.4 Å². The normalized spacial score (nSPS) is 10.3. The zero-order chi connectivity index (χ0) is 12.3. The maximum atomic E-state index is 13.6. The van der Waals surface area contributed by atoms with E-state index in [9.17, 15) is 4.39 Å². The summed E-state index contributed by atoms with van der Waals surface area (Å²) in [6, 6.07) is 8.22. The van der Waals surface area contributed by atoms with Crippen molar-refractivity contribution in [1.82, 2.24) is 9.97 Å². The highest BCUT2D eigenvalue weighted by atomic mass is 19.1. The van der Waals surface area contributed by atoms with E-state index in [4.69, 9.17) is 5.73 Å². The standard InChI is InChI=1S/C12H13FN4/c1-17(11-5-3-2-4-10(11)13)12-15-7-6-9(8-14)16-12/h2-7H,8,14H2,1H3. The SMILES string of the molecule is CN(c1nccc(CN)n1)c1ccccc1F. The van der Waals surface area contributed by atoms with Gasteiger partial charge in [0.1, 0.15) is 5.82 Å². The van der Waals surface area contributed by atoms with Crippen molar-refractivity contribution >= 4 is 11.6 Å². The molecule has 0 radical (unpaired) electrons. The second-order valence-electron chi connectivity index (χ2n) is 3.56. The predicted molar refractivity (Wildman–Crippen MR) is 64.4 cm³/mol. The highest BCUT2D eigenvalue weighted by molar-refractivity contribution is 5.56. The molecule has 0 unspecified atom stereocenters. The van der Waals surface area contributed by atoms with Gasteiger partial charge in [0.25, 0.3) is 0 Å². The molecule has 2 aromatic rings. The van der Waals surface area contributed by atoms with Gasteiger partial charge in [0.2, 0.25) is 5.95 Å². The minimum Gasteiger partial charge on any atom is -0.325 e. The number of hydrogen-bond donors (Lipinski definition) is 1. The van der Waals surface area contributed by atoms with Crippen LogP contribution in [0.4, 0.5) is 16.0 Å². The first-order valence-electron chi connectivity index (χ1n) is 5.22. The first kappa shape index (κ1) is 11.5. The van der Waals surface area contributed by atoms with E-state index >= 15 is 0 Å². The summed E-state index contributed by atoms with van der Waals surface area (Å²) in [6.45, 7) is 0.334. The summed E-state index contributed by atoms with van der Waals surface area (Å²) in [7, 11) is 1.72. The molecule has 2 rings (SSSR count). The number of benzene rings is 1. The summed E-state index contributed by atoms with van der Waals surface area (Å²) in [5.74, 6) is 0.120. The molecule has 4 nitrogen and oxygen atoms in total. The van der Waals surface area contributed by atoms with E-state index in [2.05, 4.69) is 9.97 Å². The van der Waals surface area contributed by atoms with Crippen LogP contribution in [0.25, 0.3) is 0 Å². The lowest BCUT2D eigenvalue weighted by Gasteiger charge is -2.17. The number of anilines is 2. The van der Waals surface area contributed by atoms with Crippen LogP contribution in [0.3, 0.4) is 0 Å². The number of para-hydroxylation sites is 1. The lowest BCUT2D eigenvalue weighted by atomic mass is 10.3. The summed E-state index contributed by atoms with van der Waals surface area (Å²) in [4.78, 5) is 9.92. The van der Waals surface area contributed by atoms with Crippen molar-refractivity contribution in [1.29, 1.82) is 0 Å². The minimum absolute atomic E-state index is 0.309. The van der Waals surface area contributed by atoms with Crippen LogP contribution < -0.4 is 10.6 Å². The molecule has 88 valence electrons. The Morgan fingerprint density at radius 2 is 2.06 bits per heavy atom. The Labute approximate surface area is 98.9 Å². The molecule has 17 heavy (non-hydrogen) atoms. The molecular formula is C12H13FN4. The van der Waals surface area contributed by atoms with Crippen molar-refractivity contribution in [3.63, 3.8) is 0 Å². The van der Waals surface area contributed by atoms with Crippen molar-refractivity contribution in [2.45, 2.75) is 6.54 Å². The van der Waals surface area contributed by atoms with Crippen LogP contribution in [0.2, 0.25) is 0 Å². The Morgan fingerprint density at radius 1 is 1.29 bits per heavy atom. The quantitative estimate of drug-likeness (QED) is 0.877. The topological polar surface area (TPSA) is 55.0 Å². The van der Waals surface area contributed by atoms with Gasteiger partial charge < -0.3 is 10.6 Å². The first-order valence-corrected chi connectivity index (χ1v) is 5.22. The van der Waals surface area contributed by atoms with E-state index in [1.807, 2.05) is 0 Å². The highest BCUT2D eigenvalue weighted by Crippen LogP contribution is 2.22. The molecule has 0 saturated carbocycles. The number of aromatic nitrogens is 2. The van der Waals surface area contributed by atoms with E-state index in [0.717, 1.165) is 5.69 Å². The maximum Gasteiger partial charge on any atom is 0.229 e. The van der Waals surface area contributed by atoms with E-state index in [1.54, 1.807) is 42.4 Å². The van der Waals surface area contributed by atoms with Gasteiger partial charge in [0, 0.05) is 19.8 Å². The fourth-order valence-corrected chi connectivity index (χ4v) is 1.49. The highest BCUT2D eigenvalue weighted by Gasteiger charge is 2.11. The maximum absolute atomic E-state index is 13.6. The number of nitrogens with two attached hydrogens (primary N) is 1. The van der Waals surface area contributed by atoms with Crippen molar-refractivity contribution in [2.24, 2.45) is 5.73 Å². The van der Waals surface area contributed by atoms with Gasteiger partial charge >= 0.3 is 0 Å². The molecule has 0 fully saturated rings. The van der Waals surface area contributed by atoms with Crippen molar-refractivity contribution in [3.8, 4) is 0 Å². The van der Waals surface area contributed by atoms with Gasteiger partial charge in [-0.3, -0.25) is 0 Å². The summed E-state index contributed by atoms with van der Waals surface area (Å²) >= 11 is 0. The van der Waals surface area contributed by atoms with E-state index in [0.29, 0.717) is 18.2 Å². The second kappa shape index (κ2) is 4.88. The first-order chi connectivity index (χ1) is 8.22. The molecule has 2 N–H and O–H groups in total. The number of halogens is 1. The molecule has 1 aromatic carbocycles. The average molecular weight is 232 g/mol. The molecule has 0 atom stereocenters. The average Bonchev–Trinajstić information content (AvgIpc) is 2.38. The smallest absolute Gasteiger partial charge is 0.229 e. The fraction of sp³-hybridized carbons (Fsp3) is 0.167. The van der Waals surface area contributed by atoms with Crippen LogP contribution >= 0.6 is 0 Å². The molecule has 0 aliphatic heterocycles. The third kappa shape index (κ3) is 2.39. The van der Waals surface area contributed by atoms with E-state index in [1.165, 1.54) is 6.07 Å². The summed E-state index contributed by atoms with van der Waals surface area (Å²) in [5, 5.41) is 0. The minimum atomic E-state index is -0.309. The van der Waals surface area contributed by atoms with Crippen LogP contribution in [0, 0.1) is 5.82 Å². The van der Waals surface area contributed by atoms with Gasteiger partial charge in [-0.1, -0.05) is 12.1 Å². The molecule has 0 bridgehead atoms. The number of nitrogens with zero attached hydrogens (tertiary/aromatic N) is 3.